The van der Waals surface area contributed by atoms with Gasteiger partial charge in [0.15, 0.2) is 0 Å². The van der Waals surface area contributed by atoms with Gasteiger partial charge in [0.2, 0.25) is 5.91 Å². The molecule has 4 nitrogen and oxygen atoms in total. The Hall–Kier alpha value is -0.610. The molecule has 0 spiro atoms. The molecule has 0 bridgehead atoms. The maximum Gasteiger partial charge on any atom is 0.227 e. The van der Waals surface area contributed by atoms with E-state index in [0.717, 1.165) is 32.6 Å². The Bertz CT molecular complexity index is 299. The Morgan fingerprint density at radius 2 is 1.80 bits per heavy atom. The van der Waals surface area contributed by atoms with Crippen molar-refractivity contribution in [1.82, 2.24) is 15.5 Å². The highest BCUT2D eigenvalue weighted by molar-refractivity contribution is 5.83. The van der Waals surface area contributed by atoms with Crippen LogP contribution in [0.5, 0.6) is 0 Å². The molecular formula is C16H33N3O. The van der Waals surface area contributed by atoms with E-state index in [2.05, 4.69) is 57.1 Å². The van der Waals surface area contributed by atoms with E-state index < -0.39 is 0 Å². The second kappa shape index (κ2) is 7.41. The van der Waals surface area contributed by atoms with Gasteiger partial charge in [-0.05, 0) is 46.6 Å². The van der Waals surface area contributed by atoms with Crippen LogP contribution >= 0.6 is 0 Å². The summed E-state index contributed by atoms with van der Waals surface area (Å²) in [5, 5.41) is 6.51. The quantitative estimate of drug-likeness (QED) is 0.749. The van der Waals surface area contributed by atoms with Gasteiger partial charge in [-0.2, -0.15) is 0 Å². The molecule has 118 valence electrons. The first-order valence-electron chi connectivity index (χ1n) is 8.06. The van der Waals surface area contributed by atoms with Gasteiger partial charge in [-0.1, -0.05) is 13.8 Å². The highest BCUT2D eigenvalue weighted by atomic mass is 16.2. The zero-order valence-electron chi connectivity index (χ0n) is 14.1. The molecular weight excluding hydrogens is 250 g/mol. The first kappa shape index (κ1) is 17.4. The van der Waals surface area contributed by atoms with E-state index in [1.54, 1.807) is 0 Å². The van der Waals surface area contributed by atoms with Crippen LogP contribution < -0.4 is 10.6 Å². The smallest absolute Gasteiger partial charge is 0.227 e. The van der Waals surface area contributed by atoms with Crippen LogP contribution in [0.15, 0.2) is 0 Å². The molecule has 1 heterocycles. The second-order valence-corrected chi connectivity index (χ2v) is 6.92. The van der Waals surface area contributed by atoms with Crippen LogP contribution in [0.4, 0.5) is 0 Å². The molecule has 1 atom stereocenters. The minimum Gasteiger partial charge on any atom is -0.354 e. The van der Waals surface area contributed by atoms with Crippen molar-refractivity contribution >= 4 is 5.91 Å². The molecule has 1 aliphatic rings. The van der Waals surface area contributed by atoms with Gasteiger partial charge in [-0.15, -0.1) is 0 Å². The summed E-state index contributed by atoms with van der Waals surface area (Å²) in [6.45, 7) is 16.6. The second-order valence-electron chi connectivity index (χ2n) is 6.92. The van der Waals surface area contributed by atoms with E-state index in [1.165, 1.54) is 0 Å². The van der Waals surface area contributed by atoms with E-state index in [1.807, 2.05) is 0 Å². The molecule has 0 aromatic rings. The summed E-state index contributed by atoms with van der Waals surface area (Å²) in [5.41, 5.74) is -0.208. The molecule has 2 N–H and O–H groups in total. The lowest BCUT2D eigenvalue weighted by atomic mass is 9.75. The van der Waals surface area contributed by atoms with Crippen molar-refractivity contribution in [3.63, 3.8) is 0 Å². The summed E-state index contributed by atoms with van der Waals surface area (Å²) < 4.78 is 0. The van der Waals surface area contributed by atoms with Gasteiger partial charge >= 0.3 is 0 Å². The predicted molar refractivity (Wildman–Crippen MR) is 84.7 cm³/mol. The Morgan fingerprint density at radius 1 is 1.20 bits per heavy atom. The van der Waals surface area contributed by atoms with Crippen molar-refractivity contribution in [2.45, 2.75) is 60.0 Å². The van der Waals surface area contributed by atoms with Crippen molar-refractivity contribution in [1.29, 1.82) is 0 Å². The maximum absolute atomic E-state index is 12.6. The topological polar surface area (TPSA) is 44.4 Å². The number of hydrogen-bond donors (Lipinski definition) is 2. The number of hydrogen-bond acceptors (Lipinski definition) is 3. The summed E-state index contributed by atoms with van der Waals surface area (Å²) in [5.74, 6) is 0.605. The fourth-order valence-electron chi connectivity index (χ4n) is 3.25. The third kappa shape index (κ3) is 3.95. The van der Waals surface area contributed by atoms with Crippen LogP contribution in [0, 0.1) is 11.3 Å². The van der Waals surface area contributed by atoms with Gasteiger partial charge in [-0.3, -0.25) is 9.69 Å². The fraction of sp³-hybridized carbons (Fsp3) is 0.938. The molecule has 1 aliphatic heterocycles. The van der Waals surface area contributed by atoms with Crippen LogP contribution in [-0.4, -0.2) is 49.1 Å². The molecule has 1 saturated heterocycles. The van der Waals surface area contributed by atoms with Crippen molar-refractivity contribution < 1.29 is 4.79 Å². The third-order valence-electron chi connectivity index (χ3n) is 4.73. The molecule has 4 heteroatoms. The SMILES string of the molecule is CC(C)N(CCNC(=O)C1(C(C)C)CCNC1)C(C)C. The van der Waals surface area contributed by atoms with Gasteiger partial charge in [0.25, 0.3) is 0 Å². The number of nitrogens with one attached hydrogen (secondary N) is 2. The van der Waals surface area contributed by atoms with E-state index in [4.69, 9.17) is 0 Å². The van der Waals surface area contributed by atoms with Crippen LogP contribution in [0.2, 0.25) is 0 Å². The van der Waals surface area contributed by atoms with Gasteiger partial charge in [-0.25, -0.2) is 0 Å². The molecule has 0 saturated carbocycles. The third-order valence-corrected chi connectivity index (χ3v) is 4.73. The van der Waals surface area contributed by atoms with Gasteiger partial charge in [0.05, 0.1) is 5.41 Å². The van der Waals surface area contributed by atoms with Gasteiger partial charge in [0, 0.05) is 31.7 Å². The first-order chi connectivity index (χ1) is 9.31. The Balaban J connectivity index is 2.50. The fourth-order valence-corrected chi connectivity index (χ4v) is 3.25. The lowest BCUT2D eigenvalue weighted by Gasteiger charge is -2.33. The lowest BCUT2D eigenvalue weighted by molar-refractivity contribution is -0.132. The highest BCUT2D eigenvalue weighted by Gasteiger charge is 2.43. The highest BCUT2D eigenvalue weighted by Crippen LogP contribution is 2.34. The normalized spacial score (nSPS) is 23.3. The average Bonchev–Trinajstić information content (AvgIpc) is 2.83. The monoisotopic (exact) mass is 283 g/mol. The van der Waals surface area contributed by atoms with Crippen LogP contribution in [-0.2, 0) is 4.79 Å². The largest absolute Gasteiger partial charge is 0.354 e. The molecule has 0 aliphatic carbocycles. The van der Waals surface area contributed by atoms with E-state index in [9.17, 15) is 4.79 Å². The van der Waals surface area contributed by atoms with Crippen molar-refractivity contribution in [2.75, 3.05) is 26.2 Å². The number of carbonyl (C=O) groups is 1. The van der Waals surface area contributed by atoms with E-state index in [0.29, 0.717) is 18.0 Å². The Labute approximate surface area is 124 Å². The summed E-state index contributed by atoms with van der Waals surface area (Å²) in [7, 11) is 0. The minimum absolute atomic E-state index is 0.208. The minimum atomic E-state index is -0.208. The first-order valence-corrected chi connectivity index (χ1v) is 8.06. The van der Waals surface area contributed by atoms with Gasteiger partial charge < -0.3 is 10.6 Å². The van der Waals surface area contributed by atoms with Gasteiger partial charge in [0.1, 0.15) is 0 Å². The standard InChI is InChI=1S/C16H33N3O/c1-12(2)16(7-8-17-11-16)15(20)18-9-10-19(13(3)4)14(5)6/h12-14,17H,7-11H2,1-6H3,(H,18,20). The van der Waals surface area contributed by atoms with Crippen LogP contribution in [0.1, 0.15) is 48.0 Å². The Kier molecular flexibility index (Phi) is 6.46. The van der Waals surface area contributed by atoms with Crippen molar-refractivity contribution in [2.24, 2.45) is 11.3 Å². The van der Waals surface area contributed by atoms with Crippen molar-refractivity contribution in [3.8, 4) is 0 Å². The predicted octanol–water partition coefficient (Wildman–Crippen LogP) is 1.86. The molecule has 1 fully saturated rings. The molecule has 20 heavy (non-hydrogen) atoms. The summed E-state index contributed by atoms with van der Waals surface area (Å²) in [4.78, 5) is 15.0. The summed E-state index contributed by atoms with van der Waals surface area (Å²) in [6.07, 6.45) is 0.953. The Morgan fingerprint density at radius 3 is 2.20 bits per heavy atom. The molecule has 1 amide bonds. The zero-order chi connectivity index (χ0) is 15.3. The molecule has 1 rings (SSSR count). The van der Waals surface area contributed by atoms with Crippen molar-refractivity contribution in [3.05, 3.63) is 0 Å². The van der Waals surface area contributed by atoms with E-state index in [-0.39, 0.29) is 11.3 Å². The average molecular weight is 283 g/mol. The van der Waals surface area contributed by atoms with Crippen LogP contribution in [0.25, 0.3) is 0 Å². The number of carbonyl (C=O) groups excluding carboxylic acids is 1. The number of rotatable bonds is 7. The molecule has 0 aromatic carbocycles. The lowest BCUT2D eigenvalue weighted by Crippen LogP contribution is -2.49. The maximum atomic E-state index is 12.6. The summed E-state index contributed by atoms with van der Waals surface area (Å²) in [6, 6.07) is 1.03. The number of amides is 1. The molecule has 1 unspecified atom stereocenters. The number of nitrogens with zero attached hydrogens (tertiary/aromatic N) is 1. The van der Waals surface area contributed by atoms with Crippen LogP contribution in [0.3, 0.4) is 0 Å². The van der Waals surface area contributed by atoms with E-state index >= 15 is 0 Å². The molecule has 0 radical (unpaired) electrons. The summed E-state index contributed by atoms with van der Waals surface area (Å²) >= 11 is 0. The molecule has 0 aromatic heterocycles. The zero-order valence-corrected chi connectivity index (χ0v) is 14.1.